The van der Waals surface area contributed by atoms with Crippen LogP contribution in [-0.2, 0) is 14.4 Å². The average Bonchev–Trinajstić information content (AvgIpc) is 2.73. The summed E-state index contributed by atoms with van der Waals surface area (Å²) in [5.74, 6) is 0.139. The predicted octanol–water partition coefficient (Wildman–Crippen LogP) is 2.49. The number of methoxy groups -OCH3 is 1. The smallest absolute Gasteiger partial charge is 0.239 e. The van der Waals surface area contributed by atoms with Gasteiger partial charge in [0, 0.05) is 25.7 Å². The lowest BCUT2D eigenvalue weighted by molar-refractivity contribution is -0.121. The molecule has 1 fully saturated rings. The average molecular weight is 445 g/mol. The first kappa shape index (κ1) is 22.4. The molecule has 3 amide bonds. The van der Waals surface area contributed by atoms with Gasteiger partial charge in [-0.2, -0.15) is 0 Å². The number of anilines is 2. The lowest BCUT2D eigenvalue weighted by Crippen LogP contribution is -2.47. The summed E-state index contributed by atoms with van der Waals surface area (Å²) in [5, 5.41) is 8.85. The largest absolute Gasteiger partial charge is 0.497 e. The van der Waals surface area contributed by atoms with Gasteiger partial charge in [-0.05, 0) is 35.9 Å². The van der Waals surface area contributed by atoms with Crippen LogP contribution >= 0.6 is 11.6 Å². The fourth-order valence-electron chi connectivity index (χ4n) is 3.42. The van der Waals surface area contributed by atoms with Crippen molar-refractivity contribution in [2.75, 3.05) is 37.0 Å². The Morgan fingerprint density at radius 3 is 2.58 bits per heavy atom. The third-order valence-corrected chi connectivity index (χ3v) is 5.20. The molecule has 0 radical (unpaired) electrons. The van der Waals surface area contributed by atoms with Gasteiger partial charge in [0.2, 0.25) is 17.7 Å². The van der Waals surface area contributed by atoms with E-state index in [-0.39, 0.29) is 30.7 Å². The van der Waals surface area contributed by atoms with E-state index in [4.69, 9.17) is 16.3 Å². The summed E-state index contributed by atoms with van der Waals surface area (Å²) < 4.78 is 5.16. The molecule has 0 aromatic heterocycles. The van der Waals surface area contributed by atoms with Crippen LogP contribution in [0.5, 0.6) is 5.75 Å². The van der Waals surface area contributed by atoms with E-state index in [9.17, 15) is 14.4 Å². The van der Waals surface area contributed by atoms with Gasteiger partial charge in [0.25, 0.3) is 0 Å². The Balaban J connectivity index is 1.67. The Bertz CT molecular complexity index is 964. The Hall–Kier alpha value is -3.26. The highest BCUT2D eigenvalue weighted by molar-refractivity contribution is 6.33. The Labute approximate surface area is 185 Å². The third-order valence-electron chi connectivity index (χ3n) is 4.90. The number of amides is 3. The van der Waals surface area contributed by atoms with Gasteiger partial charge in [-0.25, -0.2) is 0 Å². The van der Waals surface area contributed by atoms with Crippen molar-refractivity contribution in [3.63, 3.8) is 0 Å². The van der Waals surface area contributed by atoms with Crippen molar-refractivity contribution in [3.05, 3.63) is 53.1 Å². The van der Waals surface area contributed by atoms with Gasteiger partial charge in [0.15, 0.2) is 0 Å². The molecule has 2 aromatic rings. The fourth-order valence-corrected chi connectivity index (χ4v) is 3.72. The number of ether oxygens (including phenoxy) is 1. The quantitative estimate of drug-likeness (QED) is 0.609. The molecule has 2 aromatic carbocycles. The van der Waals surface area contributed by atoms with Crippen molar-refractivity contribution in [2.24, 2.45) is 0 Å². The van der Waals surface area contributed by atoms with Crippen molar-refractivity contribution >= 4 is 40.7 Å². The van der Waals surface area contributed by atoms with E-state index in [1.165, 1.54) is 6.92 Å². The molecule has 8 nitrogen and oxygen atoms in total. The van der Waals surface area contributed by atoms with E-state index < -0.39 is 6.04 Å². The number of nitrogens with one attached hydrogen (secondary N) is 3. The van der Waals surface area contributed by atoms with E-state index in [0.717, 1.165) is 11.3 Å². The second-order valence-electron chi connectivity index (χ2n) is 7.22. The van der Waals surface area contributed by atoms with Gasteiger partial charge in [-0.3, -0.25) is 14.4 Å². The van der Waals surface area contributed by atoms with Crippen molar-refractivity contribution in [2.45, 2.75) is 19.4 Å². The van der Waals surface area contributed by atoms with Crippen molar-refractivity contribution in [1.29, 1.82) is 0 Å². The van der Waals surface area contributed by atoms with E-state index in [2.05, 4.69) is 16.0 Å². The molecule has 0 saturated carbocycles. The molecule has 3 rings (SSSR count). The first-order valence-electron chi connectivity index (χ1n) is 9.88. The summed E-state index contributed by atoms with van der Waals surface area (Å²) in [6, 6.07) is 11.9. The van der Waals surface area contributed by atoms with Crippen LogP contribution in [-0.4, -0.2) is 44.5 Å². The maximum Gasteiger partial charge on any atom is 0.239 e. The summed E-state index contributed by atoms with van der Waals surface area (Å²) >= 11 is 6.40. The zero-order valence-corrected chi connectivity index (χ0v) is 18.2. The standard InChI is InChI=1S/C22H25ClN4O4/c1-14(28)25-19(15-3-6-17(31-2)7-4-15)12-21(29)26-16-5-8-20(18(23)11-16)27-10-9-24-22(30)13-27/h3-8,11,19H,9-10,12-13H2,1-2H3,(H,24,30)(H,25,28)(H,26,29). The molecule has 0 spiro atoms. The van der Waals surface area contributed by atoms with Crippen LogP contribution in [0.25, 0.3) is 0 Å². The van der Waals surface area contributed by atoms with Crippen LogP contribution in [0.3, 0.4) is 0 Å². The van der Waals surface area contributed by atoms with Crippen LogP contribution in [0, 0.1) is 0 Å². The maximum atomic E-state index is 12.6. The number of piperazine rings is 1. The Morgan fingerprint density at radius 1 is 1.23 bits per heavy atom. The van der Waals surface area contributed by atoms with Gasteiger partial charge in [0.05, 0.1) is 36.8 Å². The van der Waals surface area contributed by atoms with Gasteiger partial charge in [-0.1, -0.05) is 23.7 Å². The van der Waals surface area contributed by atoms with Crippen LogP contribution < -0.4 is 25.6 Å². The minimum absolute atomic E-state index is 0.0532. The molecule has 1 saturated heterocycles. The van der Waals surface area contributed by atoms with Crippen molar-refractivity contribution in [3.8, 4) is 5.75 Å². The molecule has 164 valence electrons. The number of nitrogens with zero attached hydrogens (tertiary/aromatic N) is 1. The van der Waals surface area contributed by atoms with Crippen LogP contribution in [0.15, 0.2) is 42.5 Å². The predicted molar refractivity (Wildman–Crippen MR) is 119 cm³/mol. The molecule has 31 heavy (non-hydrogen) atoms. The first-order chi connectivity index (χ1) is 14.9. The topological polar surface area (TPSA) is 99.8 Å². The third kappa shape index (κ3) is 6.11. The van der Waals surface area contributed by atoms with E-state index in [1.54, 1.807) is 37.4 Å². The molecule has 1 unspecified atom stereocenters. The highest BCUT2D eigenvalue weighted by Crippen LogP contribution is 2.29. The lowest BCUT2D eigenvalue weighted by Gasteiger charge is -2.29. The molecule has 1 atom stereocenters. The monoisotopic (exact) mass is 444 g/mol. The van der Waals surface area contributed by atoms with Crippen LogP contribution in [0.1, 0.15) is 24.9 Å². The van der Waals surface area contributed by atoms with Gasteiger partial charge in [0.1, 0.15) is 5.75 Å². The summed E-state index contributed by atoms with van der Waals surface area (Å²) in [5.41, 5.74) is 2.07. The Kier molecular flexibility index (Phi) is 7.36. The molecule has 3 N–H and O–H groups in total. The number of rotatable bonds is 7. The fraction of sp³-hybridized carbons (Fsp3) is 0.318. The molecule has 1 aliphatic heterocycles. The van der Waals surface area contributed by atoms with Gasteiger partial charge < -0.3 is 25.6 Å². The van der Waals surface area contributed by atoms with Crippen LogP contribution in [0.4, 0.5) is 11.4 Å². The van der Waals surface area contributed by atoms with Crippen LogP contribution in [0.2, 0.25) is 5.02 Å². The van der Waals surface area contributed by atoms with Gasteiger partial charge >= 0.3 is 0 Å². The molecular formula is C22H25ClN4O4. The number of hydrogen-bond donors (Lipinski definition) is 3. The number of hydrogen-bond acceptors (Lipinski definition) is 5. The summed E-state index contributed by atoms with van der Waals surface area (Å²) in [6.45, 7) is 2.88. The SMILES string of the molecule is COc1ccc(C(CC(=O)Nc2ccc(N3CCNC(=O)C3)c(Cl)c2)NC(C)=O)cc1. The zero-order chi connectivity index (χ0) is 22.4. The molecule has 0 aliphatic carbocycles. The number of benzene rings is 2. The molecular weight excluding hydrogens is 420 g/mol. The van der Waals surface area contributed by atoms with E-state index >= 15 is 0 Å². The van der Waals surface area contributed by atoms with Gasteiger partial charge in [-0.15, -0.1) is 0 Å². The zero-order valence-electron chi connectivity index (χ0n) is 17.4. The molecule has 1 aliphatic rings. The van der Waals surface area contributed by atoms with E-state index in [0.29, 0.717) is 29.5 Å². The first-order valence-corrected chi connectivity index (χ1v) is 10.3. The van der Waals surface area contributed by atoms with Crippen molar-refractivity contribution < 1.29 is 19.1 Å². The van der Waals surface area contributed by atoms with E-state index in [1.807, 2.05) is 17.0 Å². The highest BCUT2D eigenvalue weighted by atomic mass is 35.5. The lowest BCUT2D eigenvalue weighted by atomic mass is 10.0. The maximum absolute atomic E-state index is 12.6. The minimum Gasteiger partial charge on any atom is -0.497 e. The second-order valence-corrected chi connectivity index (χ2v) is 7.62. The minimum atomic E-state index is -0.481. The summed E-state index contributed by atoms with van der Waals surface area (Å²) in [4.78, 5) is 37.8. The molecule has 0 bridgehead atoms. The summed E-state index contributed by atoms with van der Waals surface area (Å²) in [7, 11) is 1.57. The summed E-state index contributed by atoms with van der Waals surface area (Å²) in [6.07, 6.45) is 0.0532. The molecule has 1 heterocycles. The number of carbonyl (C=O) groups excluding carboxylic acids is 3. The number of halogens is 1. The normalized spacial score (nSPS) is 14.4. The number of carbonyl (C=O) groups is 3. The molecule has 9 heteroatoms. The van der Waals surface area contributed by atoms with Crippen molar-refractivity contribution in [1.82, 2.24) is 10.6 Å². The second kappa shape index (κ2) is 10.2. The Morgan fingerprint density at radius 2 is 1.97 bits per heavy atom. The highest BCUT2D eigenvalue weighted by Gasteiger charge is 2.20.